The molecule has 0 bridgehead atoms. The molecule has 0 amide bonds. The first kappa shape index (κ1) is 16.5. The van der Waals surface area contributed by atoms with Gasteiger partial charge in [-0.2, -0.15) is 0 Å². The van der Waals surface area contributed by atoms with Crippen LogP contribution < -0.4 is 4.74 Å². The minimum Gasteiger partial charge on any atom is -0.465 e. The summed E-state index contributed by atoms with van der Waals surface area (Å²) in [6.45, 7) is 1.91. The number of aryl methyl sites for hydroxylation is 1. The molecule has 0 fully saturated rings. The van der Waals surface area contributed by atoms with Crippen molar-refractivity contribution in [3.8, 4) is 5.75 Å². The second-order valence-electron chi connectivity index (χ2n) is 4.49. The van der Waals surface area contributed by atoms with Crippen LogP contribution >= 0.6 is 27.5 Å². The summed E-state index contributed by atoms with van der Waals surface area (Å²) in [5, 5.41) is 0.346. The molecule has 0 saturated heterocycles. The Bertz CT molecular complexity index is 743. The van der Waals surface area contributed by atoms with Crippen LogP contribution in [0.1, 0.15) is 26.3 Å². The first-order valence-electron chi connectivity index (χ1n) is 6.28. The van der Waals surface area contributed by atoms with E-state index in [1.165, 1.54) is 25.3 Å². The van der Waals surface area contributed by atoms with Crippen molar-refractivity contribution in [2.24, 2.45) is 0 Å². The van der Waals surface area contributed by atoms with E-state index in [1.807, 2.05) is 6.92 Å². The van der Waals surface area contributed by atoms with E-state index in [2.05, 4.69) is 20.7 Å². The molecule has 0 heterocycles. The molecule has 0 atom stereocenters. The van der Waals surface area contributed by atoms with Crippen molar-refractivity contribution in [1.29, 1.82) is 0 Å². The Kier molecular flexibility index (Phi) is 5.21. The lowest BCUT2D eigenvalue weighted by atomic mass is 10.1. The number of hydrogen-bond donors (Lipinski definition) is 0. The largest absolute Gasteiger partial charge is 0.465 e. The number of methoxy groups -OCH3 is 1. The van der Waals surface area contributed by atoms with Crippen molar-refractivity contribution < 1.29 is 19.1 Å². The fourth-order valence-electron chi connectivity index (χ4n) is 1.74. The van der Waals surface area contributed by atoms with Crippen LogP contribution in [0.25, 0.3) is 0 Å². The highest BCUT2D eigenvalue weighted by molar-refractivity contribution is 9.10. The van der Waals surface area contributed by atoms with Crippen molar-refractivity contribution in [2.75, 3.05) is 7.11 Å². The summed E-state index contributed by atoms with van der Waals surface area (Å²) in [7, 11) is 1.24. The molecule has 2 aromatic rings. The standard InChI is InChI=1S/C16H12BrClO4/c1-9-3-4-10(7-13(9)17)15(19)22-14-6-5-11(18)8-12(14)16(20)21-2/h3-8H,1-2H3. The minimum atomic E-state index is -0.629. The Hall–Kier alpha value is -1.85. The van der Waals surface area contributed by atoms with E-state index in [4.69, 9.17) is 16.3 Å². The first-order chi connectivity index (χ1) is 10.4. The first-order valence-corrected chi connectivity index (χ1v) is 7.45. The second kappa shape index (κ2) is 6.94. The highest BCUT2D eigenvalue weighted by Crippen LogP contribution is 2.25. The van der Waals surface area contributed by atoms with Gasteiger partial charge in [-0.25, -0.2) is 9.59 Å². The topological polar surface area (TPSA) is 52.6 Å². The van der Waals surface area contributed by atoms with Crippen LogP contribution in [0.3, 0.4) is 0 Å². The number of carbonyl (C=O) groups excluding carboxylic acids is 2. The number of esters is 2. The third-order valence-electron chi connectivity index (χ3n) is 2.96. The van der Waals surface area contributed by atoms with Gasteiger partial charge in [0.05, 0.1) is 12.7 Å². The minimum absolute atomic E-state index is 0.0922. The van der Waals surface area contributed by atoms with Gasteiger partial charge in [0.15, 0.2) is 0 Å². The summed E-state index contributed by atoms with van der Waals surface area (Å²) in [5.41, 5.74) is 1.45. The van der Waals surface area contributed by atoms with E-state index in [-0.39, 0.29) is 11.3 Å². The molecule has 0 aliphatic heterocycles. The molecule has 0 aliphatic rings. The molecule has 6 heteroatoms. The monoisotopic (exact) mass is 382 g/mol. The average molecular weight is 384 g/mol. The summed E-state index contributed by atoms with van der Waals surface area (Å²) in [6, 6.07) is 9.48. The molecule has 0 N–H and O–H groups in total. The Morgan fingerprint density at radius 3 is 2.45 bits per heavy atom. The molecule has 0 unspecified atom stereocenters. The number of hydrogen-bond acceptors (Lipinski definition) is 4. The smallest absolute Gasteiger partial charge is 0.343 e. The fourth-order valence-corrected chi connectivity index (χ4v) is 2.29. The summed E-state index contributed by atoms with van der Waals surface area (Å²) >= 11 is 9.21. The Morgan fingerprint density at radius 2 is 1.82 bits per heavy atom. The van der Waals surface area contributed by atoms with Gasteiger partial charge in [-0.05, 0) is 42.8 Å². The van der Waals surface area contributed by atoms with Crippen LogP contribution in [-0.2, 0) is 4.74 Å². The molecule has 2 rings (SSSR count). The average Bonchev–Trinajstić information content (AvgIpc) is 2.50. The van der Waals surface area contributed by atoms with Crippen LogP contribution in [-0.4, -0.2) is 19.0 Å². The van der Waals surface area contributed by atoms with Crippen molar-refractivity contribution in [1.82, 2.24) is 0 Å². The van der Waals surface area contributed by atoms with Gasteiger partial charge in [-0.3, -0.25) is 0 Å². The van der Waals surface area contributed by atoms with Gasteiger partial charge in [0.25, 0.3) is 0 Å². The molecule has 0 aliphatic carbocycles. The van der Waals surface area contributed by atoms with E-state index < -0.39 is 11.9 Å². The van der Waals surface area contributed by atoms with Crippen molar-refractivity contribution in [3.63, 3.8) is 0 Å². The lowest BCUT2D eigenvalue weighted by molar-refractivity contribution is 0.0593. The lowest BCUT2D eigenvalue weighted by Gasteiger charge is -2.10. The van der Waals surface area contributed by atoms with E-state index in [1.54, 1.807) is 18.2 Å². The molecular weight excluding hydrogens is 372 g/mol. The number of halogens is 2. The zero-order valence-electron chi connectivity index (χ0n) is 11.9. The molecule has 22 heavy (non-hydrogen) atoms. The number of benzene rings is 2. The van der Waals surface area contributed by atoms with Gasteiger partial charge in [0.1, 0.15) is 11.3 Å². The van der Waals surface area contributed by atoms with E-state index in [0.717, 1.165) is 10.0 Å². The molecule has 0 radical (unpaired) electrons. The van der Waals surface area contributed by atoms with E-state index in [9.17, 15) is 9.59 Å². The van der Waals surface area contributed by atoms with Crippen molar-refractivity contribution in [2.45, 2.75) is 6.92 Å². The highest BCUT2D eigenvalue weighted by atomic mass is 79.9. The van der Waals surface area contributed by atoms with Crippen LogP contribution in [0.4, 0.5) is 0 Å². The summed E-state index contributed by atoms with van der Waals surface area (Å²) in [4.78, 5) is 23.9. The maximum Gasteiger partial charge on any atom is 0.343 e. The lowest BCUT2D eigenvalue weighted by Crippen LogP contribution is -2.12. The highest BCUT2D eigenvalue weighted by Gasteiger charge is 2.18. The Balaban J connectivity index is 2.32. The molecular formula is C16H12BrClO4. The van der Waals surface area contributed by atoms with Gasteiger partial charge < -0.3 is 9.47 Å². The molecule has 0 spiro atoms. The van der Waals surface area contributed by atoms with Crippen LogP contribution in [0.2, 0.25) is 5.02 Å². The van der Waals surface area contributed by atoms with Crippen molar-refractivity contribution >= 4 is 39.5 Å². The van der Waals surface area contributed by atoms with Crippen LogP contribution in [0, 0.1) is 6.92 Å². The maximum absolute atomic E-state index is 12.2. The third kappa shape index (κ3) is 3.67. The molecule has 114 valence electrons. The quantitative estimate of drug-likeness (QED) is 0.582. The van der Waals surface area contributed by atoms with Gasteiger partial charge in [0, 0.05) is 9.50 Å². The fraction of sp³-hybridized carbons (Fsp3) is 0.125. The van der Waals surface area contributed by atoms with Gasteiger partial charge in [-0.1, -0.05) is 33.6 Å². The number of carbonyl (C=O) groups is 2. The van der Waals surface area contributed by atoms with Gasteiger partial charge in [0.2, 0.25) is 0 Å². The van der Waals surface area contributed by atoms with Gasteiger partial charge in [-0.15, -0.1) is 0 Å². The zero-order chi connectivity index (χ0) is 16.3. The van der Waals surface area contributed by atoms with E-state index in [0.29, 0.717) is 10.6 Å². The molecule has 0 aromatic heterocycles. The van der Waals surface area contributed by atoms with E-state index >= 15 is 0 Å². The predicted octanol–water partition coefficient (Wildman–Crippen LogP) is 4.42. The van der Waals surface area contributed by atoms with Crippen LogP contribution in [0.5, 0.6) is 5.75 Å². The number of ether oxygens (including phenoxy) is 2. The predicted molar refractivity (Wildman–Crippen MR) is 86.6 cm³/mol. The maximum atomic E-state index is 12.2. The summed E-state index contributed by atoms with van der Waals surface area (Å²) in [5.74, 6) is -1.11. The van der Waals surface area contributed by atoms with Crippen molar-refractivity contribution in [3.05, 3.63) is 62.6 Å². The summed E-state index contributed by atoms with van der Waals surface area (Å²) in [6.07, 6.45) is 0. The zero-order valence-corrected chi connectivity index (χ0v) is 14.2. The van der Waals surface area contributed by atoms with Gasteiger partial charge >= 0.3 is 11.9 Å². The molecule has 0 saturated carbocycles. The normalized spacial score (nSPS) is 10.2. The Labute approximate surface area is 141 Å². The second-order valence-corrected chi connectivity index (χ2v) is 5.78. The molecule has 2 aromatic carbocycles. The van der Waals surface area contributed by atoms with Crippen LogP contribution in [0.15, 0.2) is 40.9 Å². The third-order valence-corrected chi connectivity index (χ3v) is 4.05. The SMILES string of the molecule is COC(=O)c1cc(Cl)ccc1OC(=O)c1ccc(C)c(Br)c1. The Morgan fingerprint density at radius 1 is 1.09 bits per heavy atom. The number of rotatable bonds is 3. The summed E-state index contributed by atoms with van der Waals surface area (Å²) < 4.78 is 10.7. The molecule has 4 nitrogen and oxygen atoms in total.